The first kappa shape index (κ1) is 13.5. The van der Waals surface area contributed by atoms with Gasteiger partial charge in [0, 0.05) is 22.7 Å². The highest BCUT2D eigenvalue weighted by molar-refractivity contribution is 5.98. The third kappa shape index (κ3) is 2.60. The Morgan fingerprint density at radius 1 is 1.16 bits per heavy atom. The molecule has 0 aliphatic rings. The van der Waals surface area contributed by atoms with Crippen LogP contribution >= 0.6 is 0 Å². The second kappa shape index (κ2) is 5.40. The van der Waals surface area contributed by atoms with Gasteiger partial charge < -0.3 is 25.6 Å². The van der Waals surface area contributed by atoms with Crippen LogP contribution in [0.2, 0.25) is 0 Å². The molecule has 0 fully saturated rings. The van der Waals surface area contributed by atoms with Crippen molar-refractivity contribution in [1.82, 2.24) is 10.3 Å². The summed E-state index contributed by atoms with van der Waals surface area (Å²) < 4.78 is 0. The third-order valence-electron chi connectivity index (χ3n) is 3.10. The minimum Gasteiger partial charge on any atom is -0.394 e. The maximum atomic E-state index is 12.0. The van der Waals surface area contributed by atoms with Gasteiger partial charge in [-0.05, 0) is 24.3 Å². The second-order valence-electron chi connectivity index (χ2n) is 4.49. The molecular formula is C13H16N2O4. The highest BCUT2D eigenvalue weighted by Crippen LogP contribution is 2.15. The summed E-state index contributed by atoms with van der Waals surface area (Å²) in [5, 5.41) is 30.9. The predicted molar refractivity (Wildman–Crippen MR) is 69.8 cm³/mol. The number of nitrogens with one attached hydrogen (secondary N) is 2. The summed E-state index contributed by atoms with van der Waals surface area (Å²) in [7, 11) is 0. The summed E-state index contributed by atoms with van der Waals surface area (Å²) in [6.45, 7) is -1.63. The topological polar surface area (TPSA) is 106 Å². The SMILES string of the molecule is O=C(NC(CO)(CO)CO)c1ccc2[nH]ccc2c1. The standard InChI is InChI=1S/C13H16N2O4/c16-6-13(7-17,8-18)15-12(19)10-1-2-11-9(5-10)3-4-14-11/h1-5,14,16-18H,6-8H2,(H,15,19). The van der Waals surface area contributed by atoms with E-state index in [1.54, 1.807) is 24.4 Å². The van der Waals surface area contributed by atoms with Crippen LogP contribution in [0.15, 0.2) is 30.5 Å². The fourth-order valence-electron chi connectivity index (χ4n) is 1.78. The van der Waals surface area contributed by atoms with Crippen LogP contribution in [-0.4, -0.2) is 51.6 Å². The lowest BCUT2D eigenvalue weighted by molar-refractivity contribution is 0.0375. The molecule has 0 aliphatic carbocycles. The van der Waals surface area contributed by atoms with E-state index in [1.807, 2.05) is 6.07 Å². The van der Waals surface area contributed by atoms with E-state index >= 15 is 0 Å². The van der Waals surface area contributed by atoms with E-state index in [0.717, 1.165) is 10.9 Å². The van der Waals surface area contributed by atoms with E-state index in [9.17, 15) is 20.1 Å². The molecule has 19 heavy (non-hydrogen) atoms. The number of aromatic nitrogens is 1. The first-order valence-corrected chi connectivity index (χ1v) is 5.86. The molecule has 6 heteroatoms. The van der Waals surface area contributed by atoms with Crippen LogP contribution < -0.4 is 5.32 Å². The molecule has 0 saturated carbocycles. The van der Waals surface area contributed by atoms with Crippen molar-refractivity contribution in [2.75, 3.05) is 19.8 Å². The van der Waals surface area contributed by atoms with Crippen molar-refractivity contribution in [3.63, 3.8) is 0 Å². The molecule has 0 bridgehead atoms. The minimum atomic E-state index is -1.41. The molecule has 2 rings (SSSR count). The molecule has 0 unspecified atom stereocenters. The summed E-state index contributed by atoms with van der Waals surface area (Å²) in [4.78, 5) is 15.1. The Hall–Kier alpha value is -1.89. The Balaban J connectivity index is 2.23. The third-order valence-corrected chi connectivity index (χ3v) is 3.10. The summed E-state index contributed by atoms with van der Waals surface area (Å²) in [5.41, 5.74) is -0.106. The lowest BCUT2D eigenvalue weighted by atomic mass is 10.0. The number of carbonyl (C=O) groups excluding carboxylic acids is 1. The van der Waals surface area contributed by atoms with Crippen molar-refractivity contribution in [1.29, 1.82) is 0 Å². The Labute approximate surface area is 109 Å². The lowest BCUT2D eigenvalue weighted by Crippen LogP contribution is -2.57. The first-order valence-electron chi connectivity index (χ1n) is 5.86. The maximum absolute atomic E-state index is 12.0. The molecule has 0 atom stereocenters. The Morgan fingerprint density at radius 2 is 1.84 bits per heavy atom. The van der Waals surface area contributed by atoms with Gasteiger partial charge in [-0.3, -0.25) is 4.79 Å². The van der Waals surface area contributed by atoms with Crippen molar-refractivity contribution in [2.24, 2.45) is 0 Å². The molecule has 0 spiro atoms. The van der Waals surface area contributed by atoms with Crippen LogP contribution in [0.3, 0.4) is 0 Å². The van der Waals surface area contributed by atoms with E-state index in [2.05, 4.69) is 10.3 Å². The number of fused-ring (bicyclic) bond motifs is 1. The number of aromatic amines is 1. The quantitative estimate of drug-likeness (QED) is 0.507. The summed E-state index contributed by atoms with van der Waals surface area (Å²) in [5.74, 6) is -0.458. The predicted octanol–water partition coefficient (Wildman–Crippen LogP) is -0.387. The molecule has 1 heterocycles. The minimum absolute atomic E-state index is 0.395. The molecule has 0 aliphatic heterocycles. The number of carbonyl (C=O) groups is 1. The van der Waals surface area contributed by atoms with E-state index in [1.165, 1.54) is 0 Å². The normalized spacial score (nSPS) is 11.7. The zero-order valence-corrected chi connectivity index (χ0v) is 10.3. The molecule has 102 valence electrons. The largest absolute Gasteiger partial charge is 0.394 e. The molecule has 5 N–H and O–H groups in total. The zero-order valence-electron chi connectivity index (χ0n) is 10.3. The van der Waals surface area contributed by atoms with Crippen molar-refractivity contribution in [3.05, 3.63) is 36.0 Å². The van der Waals surface area contributed by atoms with Gasteiger partial charge in [0.2, 0.25) is 0 Å². The van der Waals surface area contributed by atoms with E-state index < -0.39 is 31.3 Å². The Morgan fingerprint density at radius 3 is 2.47 bits per heavy atom. The number of hydrogen-bond donors (Lipinski definition) is 5. The molecule has 0 saturated heterocycles. The zero-order chi connectivity index (χ0) is 13.9. The highest BCUT2D eigenvalue weighted by atomic mass is 16.3. The van der Waals surface area contributed by atoms with E-state index in [0.29, 0.717) is 5.56 Å². The van der Waals surface area contributed by atoms with Crippen LogP contribution in [0.1, 0.15) is 10.4 Å². The number of aliphatic hydroxyl groups is 3. The van der Waals surface area contributed by atoms with Crippen LogP contribution in [0, 0.1) is 0 Å². The lowest BCUT2D eigenvalue weighted by Gasteiger charge is -2.28. The van der Waals surface area contributed by atoms with Crippen molar-refractivity contribution in [3.8, 4) is 0 Å². The molecule has 1 amide bonds. The van der Waals surface area contributed by atoms with Gasteiger partial charge in [-0.2, -0.15) is 0 Å². The molecule has 2 aromatic rings. The van der Waals surface area contributed by atoms with E-state index in [4.69, 9.17) is 0 Å². The molecular weight excluding hydrogens is 248 g/mol. The van der Waals surface area contributed by atoms with Gasteiger partial charge in [0.05, 0.1) is 19.8 Å². The first-order chi connectivity index (χ1) is 9.14. The average Bonchev–Trinajstić information content (AvgIpc) is 2.92. The van der Waals surface area contributed by atoms with Crippen LogP contribution in [-0.2, 0) is 0 Å². The molecule has 0 radical (unpaired) electrons. The van der Waals surface area contributed by atoms with E-state index in [-0.39, 0.29) is 0 Å². The van der Waals surface area contributed by atoms with Gasteiger partial charge in [0.1, 0.15) is 5.54 Å². The van der Waals surface area contributed by atoms with Crippen molar-refractivity contribution >= 4 is 16.8 Å². The van der Waals surface area contributed by atoms with Gasteiger partial charge in [-0.25, -0.2) is 0 Å². The van der Waals surface area contributed by atoms with Crippen molar-refractivity contribution < 1.29 is 20.1 Å². The number of aliphatic hydroxyl groups excluding tert-OH is 3. The van der Waals surface area contributed by atoms with Crippen LogP contribution in [0.5, 0.6) is 0 Å². The molecule has 6 nitrogen and oxygen atoms in total. The maximum Gasteiger partial charge on any atom is 0.251 e. The Bertz CT molecular complexity index is 567. The van der Waals surface area contributed by atoms with Crippen LogP contribution in [0.25, 0.3) is 10.9 Å². The summed E-state index contributed by atoms with van der Waals surface area (Å²) in [6.07, 6.45) is 1.77. The summed E-state index contributed by atoms with van der Waals surface area (Å²) >= 11 is 0. The van der Waals surface area contributed by atoms with Gasteiger partial charge in [0.25, 0.3) is 5.91 Å². The number of hydrogen-bond acceptors (Lipinski definition) is 4. The van der Waals surface area contributed by atoms with Gasteiger partial charge in [-0.1, -0.05) is 0 Å². The second-order valence-corrected chi connectivity index (χ2v) is 4.49. The summed E-state index contributed by atoms with van der Waals surface area (Å²) in [6, 6.07) is 6.93. The monoisotopic (exact) mass is 264 g/mol. The number of rotatable bonds is 5. The van der Waals surface area contributed by atoms with Gasteiger partial charge in [0.15, 0.2) is 0 Å². The molecule has 1 aromatic carbocycles. The molecule has 1 aromatic heterocycles. The smallest absolute Gasteiger partial charge is 0.251 e. The Kier molecular flexibility index (Phi) is 3.84. The number of benzene rings is 1. The number of H-pyrrole nitrogens is 1. The fourth-order valence-corrected chi connectivity index (χ4v) is 1.78. The van der Waals surface area contributed by atoms with Crippen LogP contribution in [0.4, 0.5) is 0 Å². The highest BCUT2D eigenvalue weighted by Gasteiger charge is 2.30. The fraction of sp³-hybridized carbons (Fsp3) is 0.308. The van der Waals surface area contributed by atoms with Crippen molar-refractivity contribution in [2.45, 2.75) is 5.54 Å². The van der Waals surface area contributed by atoms with Gasteiger partial charge >= 0.3 is 0 Å². The van der Waals surface area contributed by atoms with Gasteiger partial charge in [-0.15, -0.1) is 0 Å². The number of amides is 1. The average molecular weight is 264 g/mol.